The number of benzene rings is 2. The van der Waals surface area contributed by atoms with E-state index < -0.39 is 0 Å². The molecule has 0 aliphatic heterocycles. The number of nitrogen functional groups attached to an aromatic ring is 1. The standard InChI is InChI=1S/C13H7Cl3N2S/c14-6-1-2-11-10(5-6)18-13(19-11)8-3-7(15)4-9(16)12(8)17/h1-5H,17H2. The first kappa shape index (κ1) is 13.0. The zero-order chi connectivity index (χ0) is 13.6. The molecule has 0 aliphatic carbocycles. The van der Waals surface area contributed by atoms with Gasteiger partial charge in [-0.2, -0.15) is 0 Å². The fourth-order valence-electron chi connectivity index (χ4n) is 1.78. The molecule has 0 radical (unpaired) electrons. The number of nitrogens with zero attached hydrogens (tertiary/aromatic N) is 1. The zero-order valence-corrected chi connectivity index (χ0v) is 12.5. The Morgan fingerprint density at radius 1 is 1.00 bits per heavy atom. The molecule has 0 saturated heterocycles. The first-order chi connectivity index (χ1) is 9.04. The van der Waals surface area contributed by atoms with Crippen LogP contribution < -0.4 is 5.73 Å². The minimum atomic E-state index is 0.430. The fraction of sp³-hybridized carbons (Fsp3) is 0. The molecule has 0 atom stereocenters. The number of aromatic nitrogens is 1. The minimum absolute atomic E-state index is 0.430. The number of anilines is 1. The highest BCUT2D eigenvalue weighted by Gasteiger charge is 2.13. The van der Waals surface area contributed by atoms with E-state index in [1.165, 1.54) is 11.3 Å². The van der Waals surface area contributed by atoms with E-state index in [0.717, 1.165) is 20.8 Å². The van der Waals surface area contributed by atoms with Gasteiger partial charge in [0.15, 0.2) is 0 Å². The summed E-state index contributed by atoms with van der Waals surface area (Å²) >= 11 is 19.5. The van der Waals surface area contributed by atoms with Gasteiger partial charge in [-0.3, -0.25) is 0 Å². The Morgan fingerprint density at radius 3 is 2.58 bits per heavy atom. The van der Waals surface area contributed by atoms with Gasteiger partial charge in [0, 0.05) is 15.6 Å². The predicted octanol–water partition coefficient (Wildman–Crippen LogP) is 5.51. The van der Waals surface area contributed by atoms with Gasteiger partial charge in [0.1, 0.15) is 5.01 Å². The highest BCUT2D eigenvalue weighted by molar-refractivity contribution is 7.21. The molecule has 19 heavy (non-hydrogen) atoms. The van der Waals surface area contributed by atoms with E-state index in [2.05, 4.69) is 4.98 Å². The van der Waals surface area contributed by atoms with Gasteiger partial charge in [0.25, 0.3) is 0 Å². The Balaban J connectivity index is 2.24. The van der Waals surface area contributed by atoms with Gasteiger partial charge in [0.05, 0.1) is 20.9 Å². The molecule has 0 saturated carbocycles. The van der Waals surface area contributed by atoms with Crippen molar-refractivity contribution in [3.05, 3.63) is 45.4 Å². The van der Waals surface area contributed by atoms with Crippen LogP contribution >= 0.6 is 46.1 Å². The minimum Gasteiger partial charge on any atom is -0.397 e. The van der Waals surface area contributed by atoms with Crippen molar-refractivity contribution in [3.63, 3.8) is 0 Å². The monoisotopic (exact) mass is 328 g/mol. The van der Waals surface area contributed by atoms with Gasteiger partial charge >= 0.3 is 0 Å². The Morgan fingerprint density at radius 2 is 1.79 bits per heavy atom. The Hall–Kier alpha value is -1.00. The SMILES string of the molecule is Nc1c(Cl)cc(Cl)cc1-c1nc2cc(Cl)ccc2s1. The number of thiazole rings is 1. The molecular weight excluding hydrogens is 323 g/mol. The van der Waals surface area contributed by atoms with Gasteiger partial charge in [-0.1, -0.05) is 34.8 Å². The lowest BCUT2D eigenvalue weighted by Crippen LogP contribution is -1.91. The maximum Gasteiger partial charge on any atom is 0.126 e. The van der Waals surface area contributed by atoms with Crippen LogP contribution in [0.3, 0.4) is 0 Å². The lowest BCUT2D eigenvalue weighted by atomic mass is 10.2. The highest BCUT2D eigenvalue weighted by atomic mass is 35.5. The van der Waals surface area contributed by atoms with Crippen molar-refractivity contribution in [2.75, 3.05) is 5.73 Å². The van der Waals surface area contributed by atoms with Crippen molar-refractivity contribution < 1.29 is 0 Å². The average molecular weight is 330 g/mol. The molecule has 0 unspecified atom stereocenters. The van der Waals surface area contributed by atoms with E-state index in [1.807, 2.05) is 18.2 Å². The molecule has 0 bridgehead atoms. The van der Waals surface area contributed by atoms with E-state index in [0.29, 0.717) is 20.8 Å². The van der Waals surface area contributed by atoms with Gasteiger partial charge in [-0.25, -0.2) is 4.98 Å². The number of hydrogen-bond acceptors (Lipinski definition) is 3. The van der Waals surface area contributed by atoms with Crippen LogP contribution in [0.1, 0.15) is 0 Å². The molecule has 6 heteroatoms. The van der Waals surface area contributed by atoms with Gasteiger partial charge in [-0.15, -0.1) is 11.3 Å². The molecule has 96 valence electrons. The zero-order valence-electron chi connectivity index (χ0n) is 9.45. The second kappa shape index (κ2) is 4.84. The normalized spacial score (nSPS) is 11.1. The molecule has 2 nitrogen and oxygen atoms in total. The van der Waals surface area contributed by atoms with Crippen LogP contribution in [-0.2, 0) is 0 Å². The molecule has 0 spiro atoms. The third kappa shape index (κ3) is 2.39. The largest absolute Gasteiger partial charge is 0.397 e. The van der Waals surface area contributed by atoms with E-state index in [-0.39, 0.29) is 0 Å². The Kier molecular flexibility index (Phi) is 3.31. The maximum absolute atomic E-state index is 6.04. The lowest BCUT2D eigenvalue weighted by Gasteiger charge is -2.05. The first-order valence-electron chi connectivity index (χ1n) is 5.35. The highest BCUT2D eigenvalue weighted by Crippen LogP contribution is 2.38. The molecule has 3 rings (SSSR count). The maximum atomic E-state index is 6.04. The number of hydrogen-bond donors (Lipinski definition) is 1. The number of fused-ring (bicyclic) bond motifs is 1. The topological polar surface area (TPSA) is 38.9 Å². The van der Waals surface area contributed by atoms with E-state index in [1.54, 1.807) is 12.1 Å². The molecule has 2 N–H and O–H groups in total. The van der Waals surface area contributed by atoms with Crippen LogP contribution in [-0.4, -0.2) is 4.98 Å². The summed E-state index contributed by atoms with van der Waals surface area (Å²) in [5.74, 6) is 0. The van der Waals surface area contributed by atoms with Crippen LogP contribution in [0.25, 0.3) is 20.8 Å². The number of rotatable bonds is 1. The van der Waals surface area contributed by atoms with Crippen LogP contribution in [0.4, 0.5) is 5.69 Å². The van der Waals surface area contributed by atoms with Gasteiger partial charge in [-0.05, 0) is 30.3 Å². The average Bonchev–Trinajstić information content (AvgIpc) is 2.76. The molecule has 0 amide bonds. The summed E-state index contributed by atoms with van der Waals surface area (Å²) < 4.78 is 1.04. The summed E-state index contributed by atoms with van der Waals surface area (Å²) in [6.45, 7) is 0. The quantitative estimate of drug-likeness (QED) is 0.598. The van der Waals surface area contributed by atoms with Gasteiger partial charge < -0.3 is 5.73 Å². The van der Waals surface area contributed by atoms with Crippen molar-refractivity contribution in [2.24, 2.45) is 0 Å². The summed E-state index contributed by atoms with van der Waals surface area (Å²) in [6.07, 6.45) is 0. The van der Waals surface area contributed by atoms with Crippen LogP contribution in [0, 0.1) is 0 Å². The third-order valence-corrected chi connectivity index (χ3v) is 4.51. The van der Waals surface area contributed by atoms with E-state index in [9.17, 15) is 0 Å². The first-order valence-corrected chi connectivity index (χ1v) is 7.30. The number of nitrogens with two attached hydrogens (primary N) is 1. The molecule has 0 fully saturated rings. The fourth-order valence-corrected chi connectivity index (χ4v) is 3.41. The van der Waals surface area contributed by atoms with E-state index >= 15 is 0 Å². The molecule has 2 aromatic carbocycles. The molecule has 1 heterocycles. The molecular formula is C13H7Cl3N2S. The van der Waals surface area contributed by atoms with Crippen molar-refractivity contribution in [1.82, 2.24) is 4.98 Å². The number of halogens is 3. The van der Waals surface area contributed by atoms with Crippen molar-refractivity contribution >= 4 is 62.0 Å². The second-order valence-electron chi connectivity index (χ2n) is 3.98. The van der Waals surface area contributed by atoms with Crippen molar-refractivity contribution in [1.29, 1.82) is 0 Å². The van der Waals surface area contributed by atoms with Crippen molar-refractivity contribution in [3.8, 4) is 10.6 Å². The summed E-state index contributed by atoms with van der Waals surface area (Å²) in [6, 6.07) is 8.97. The van der Waals surface area contributed by atoms with Crippen LogP contribution in [0.15, 0.2) is 30.3 Å². The predicted molar refractivity (Wildman–Crippen MR) is 84.5 cm³/mol. The van der Waals surface area contributed by atoms with E-state index in [4.69, 9.17) is 40.5 Å². The molecule has 1 aromatic heterocycles. The van der Waals surface area contributed by atoms with Gasteiger partial charge in [0.2, 0.25) is 0 Å². The molecule has 3 aromatic rings. The lowest BCUT2D eigenvalue weighted by molar-refractivity contribution is 1.48. The Bertz CT molecular complexity index is 783. The molecule has 0 aliphatic rings. The van der Waals surface area contributed by atoms with Crippen LogP contribution in [0.5, 0.6) is 0 Å². The van der Waals surface area contributed by atoms with Crippen LogP contribution in [0.2, 0.25) is 15.1 Å². The summed E-state index contributed by atoms with van der Waals surface area (Å²) in [4.78, 5) is 4.52. The summed E-state index contributed by atoms with van der Waals surface area (Å²) in [5, 5.41) is 2.40. The smallest absolute Gasteiger partial charge is 0.126 e. The van der Waals surface area contributed by atoms with Crippen molar-refractivity contribution in [2.45, 2.75) is 0 Å². The summed E-state index contributed by atoms with van der Waals surface area (Å²) in [7, 11) is 0. The third-order valence-electron chi connectivity index (χ3n) is 2.67. The second-order valence-corrected chi connectivity index (χ2v) is 6.29. The Labute approximate surface area is 128 Å². The summed E-state index contributed by atoms with van der Waals surface area (Å²) in [5.41, 5.74) is 8.05.